The first-order chi connectivity index (χ1) is 9.86. The maximum atomic E-state index is 5.95. The van der Waals surface area contributed by atoms with Gasteiger partial charge >= 0.3 is 0 Å². The molecule has 0 bridgehead atoms. The van der Waals surface area contributed by atoms with E-state index >= 15 is 0 Å². The second-order valence-electron chi connectivity index (χ2n) is 5.79. The number of methoxy groups -OCH3 is 1. The molecule has 0 aromatic carbocycles. The number of rotatable bonds is 4. The summed E-state index contributed by atoms with van der Waals surface area (Å²) >= 11 is 0. The Morgan fingerprint density at radius 1 is 1.35 bits per heavy atom. The smallest absolute Gasteiger partial charge is 0.0732 e. The molecule has 3 atom stereocenters. The summed E-state index contributed by atoms with van der Waals surface area (Å²) in [7, 11) is 1.83. The first kappa shape index (κ1) is 14.0. The number of aromatic nitrogens is 1. The lowest BCUT2D eigenvalue weighted by Crippen LogP contribution is -2.55. The van der Waals surface area contributed by atoms with Gasteiger partial charge in [-0.25, -0.2) is 0 Å². The molecule has 1 aromatic heterocycles. The van der Waals surface area contributed by atoms with Crippen LogP contribution in [0.3, 0.4) is 0 Å². The minimum absolute atomic E-state index is 0.404. The molecule has 0 unspecified atom stereocenters. The van der Waals surface area contributed by atoms with Gasteiger partial charge in [-0.1, -0.05) is 0 Å². The van der Waals surface area contributed by atoms with Gasteiger partial charge in [-0.2, -0.15) is 0 Å². The molecule has 3 rings (SSSR count). The van der Waals surface area contributed by atoms with Crippen LogP contribution >= 0.6 is 0 Å². The zero-order valence-corrected chi connectivity index (χ0v) is 12.2. The molecule has 1 aliphatic heterocycles. The van der Waals surface area contributed by atoms with E-state index in [0.717, 1.165) is 45.4 Å². The molecule has 1 saturated heterocycles. The van der Waals surface area contributed by atoms with Gasteiger partial charge in [0.25, 0.3) is 0 Å². The maximum Gasteiger partial charge on any atom is 0.0732 e. The predicted octanol–water partition coefficient (Wildman–Crippen LogP) is 1.89. The van der Waals surface area contributed by atoms with Crippen molar-refractivity contribution in [3.63, 3.8) is 0 Å². The van der Waals surface area contributed by atoms with E-state index in [4.69, 9.17) is 9.47 Å². The Bertz CT molecular complexity index is 412. The number of hydrogen-bond acceptors (Lipinski definition) is 4. The molecule has 20 heavy (non-hydrogen) atoms. The molecule has 2 heterocycles. The minimum atomic E-state index is 0.404. The largest absolute Gasteiger partial charge is 0.381 e. The second-order valence-corrected chi connectivity index (χ2v) is 5.79. The standard InChI is InChI=1S/C16H24N2O2/c1-19-14-2-3-16-15(12-14)18(10-11-20-16)9-6-13-4-7-17-8-5-13/h4-5,7-8,14-16H,2-3,6,9-12H2,1H3/t14-,15+,16+/m1/s1. The van der Waals surface area contributed by atoms with E-state index in [1.165, 1.54) is 5.56 Å². The van der Waals surface area contributed by atoms with Crippen LogP contribution in [-0.4, -0.2) is 54.9 Å². The number of ether oxygens (including phenoxy) is 2. The number of fused-ring (bicyclic) bond motifs is 1. The molecule has 2 aliphatic rings. The first-order valence-corrected chi connectivity index (χ1v) is 7.64. The molecule has 0 spiro atoms. The quantitative estimate of drug-likeness (QED) is 0.841. The average molecular weight is 276 g/mol. The number of nitrogens with zero attached hydrogens (tertiary/aromatic N) is 2. The normalized spacial score (nSPS) is 30.9. The predicted molar refractivity (Wildman–Crippen MR) is 77.7 cm³/mol. The molecule has 1 saturated carbocycles. The van der Waals surface area contributed by atoms with Crippen LogP contribution in [-0.2, 0) is 15.9 Å². The van der Waals surface area contributed by atoms with Crippen LogP contribution in [0.15, 0.2) is 24.5 Å². The average Bonchev–Trinajstić information content (AvgIpc) is 2.53. The van der Waals surface area contributed by atoms with E-state index in [1.807, 2.05) is 19.5 Å². The number of pyridine rings is 1. The summed E-state index contributed by atoms with van der Waals surface area (Å²) in [6.45, 7) is 3.02. The van der Waals surface area contributed by atoms with Crippen molar-refractivity contribution in [1.29, 1.82) is 0 Å². The Kier molecular flexibility index (Phi) is 4.65. The van der Waals surface area contributed by atoms with Crippen molar-refractivity contribution in [1.82, 2.24) is 9.88 Å². The lowest BCUT2D eigenvalue weighted by molar-refractivity contribution is -0.113. The van der Waals surface area contributed by atoms with Crippen LogP contribution in [0.1, 0.15) is 24.8 Å². The number of morpholine rings is 1. The minimum Gasteiger partial charge on any atom is -0.381 e. The molecule has 0 N–H and O–H groups in total. The van der Waals surface area contributed by atoms with Gasteiger partial charge in [-0.15, -0.1) is 0 Å². The fourth-order valence-corrected chi connectivity index (χ4v) is 3.46. The molecule has 110 valence electrons. The lowest BCUT2D eigenvalue weighted by atomic mass is 9.88. The van der Waals surface area contributed by atoms with Crippen molar-refractivity contribution in [2.45, 2.75) is 43.9 Å². The topological polar surface area (TPSA) is 34.6 Å². The SMILES string of the molecule is CO[C@@H]1CC[C@@H]2OCCN(CCc3ccncc3)[C@H]2C1. The van der Waals surface area contributed by atoms with Crippen molar-refractivity contribution >= 4 is 0 Å². The Morgan fingerprint density at radius 2 is 2.20 bits per heavy atom. The summed E-state index contributed by atoms with van der Waals surface area (Å²) < 4.78 is 11.5. The van der Waals surface area contributed by atoms with E-state index in [2.05, 4.69) is 22.0 Å². The maximum absolute atomic E-state index is 5.95. The van der Waals surface area contributed by atoms with Gasteiger partial charge in [0.1, 0.15) is 0 Å². The highest BCUT2D eigenvalue weighted by Gasteiger charge is 2.37. The van der Waals surface area contributed by atoms with Gasteiger partial charge in [-0.3, -0.25) is 9.88 Å². The lowest BCUT2D eigenvalue weighted by Gasteiger charge is -2.45. The molecular weight excluding hydrogens is 252 g/mol. The molecule has 4 nitrogen and oxygen atoms in total. The molecule has 0 radical (unpaired) electrons. The summed E-state index contributed by atoms with van der Waals surface area (Å²) in [5.74, 6) is 0. The molecule has 1 aromatic rings. The van der Waals surface area contributed by atoms with Crippen molar-refractivity contribution < 1.29 is 9.47 Å². The van der Waals surface area contributed by atoms with Crippen molar-refractivity contribution in [2.75, 3.05) is 26.8 Å². The van der Waals surface area contributed by atoms with Crippen molar-refractivity contribution in [3.8, 4) is 0 Å². The van der Waals surface area contributed by atoms with Crippen molar-refractivity contribution in [2.24, 2.45) is 0 Å². The van der Waals surface area contributed by atoms with Crippen LogP contribution in [0.4, 0.5) is 0 Å². The Labute approximate surface area is 121 Å². The van der Waals surface area contributed by atoms with Gasteiger partial charge in [0.15, 0.2) is 0 Å². The highest BCUT2D eigenvalue weighted by molar-refractivity contribution is 5.10. The summed E-state index contributed by atoms with van der Waals surface area (Å²) in [4.78, 5) is 6.67. The molecule has 2 fully saturated rings. The van der Waals surface area contributed by atoms with Gasteiger partial charge in [-0.05, 0) is 43.4 Å². The second kappa shape index (κ2) is 6.66. The Morgan fingerprint density at radius 3 is 3.00 bits per heavy atom. The molecule has 1 aliphatic carbocycles. The summed E-state index contributed by atoms with van der Waals surface area (Å²) in [5, 5.41) is 0. The van der Waals surface area contributed by atoms with Gasteiger partial charge < -0.3 is 9.47 Å². The van der Waals surface area contributed by atoms with E-state index < -0.39 is 0 Å². The summed E-state index contributed by atoms with van der Waals surface area (Å²) in [5.41, 5.74) is 1.36. The van der Waals surface area contributed by atoms with E-state index in [0.29, 0.717) is 18.2 Å². The van der Waals surface area contributed by atoms with Crippen LogP contribution in [0.2, 0.25) is 0 Å². The third-order valence-electron chi connectivity index (χ3n) is 4.66. The third-order valence-corrected chi connectivity index (χ3v) is 4.66. The summed E-state index contributed by atoms with van der Waals surface area (Å²) in [6.07, 6.45) is 9.03. The Balaban J connectivity index is 1.59. The van der Waals surface area contributed by atoms with E-state index in [1.54, 1.807) is 0 Å². The van der Waals surface area contributed by atoms with E-state index in [9.17, 15) is 0 Å². The van der Waals surface area contributed by atoms with Gasteiger partial charge in [0.05, 0.1) is 18.8 Å². The summed E-state index contributed by atoms with van der Waals surface area (Å²) in [6, 6.07) is 4.75. The molecule has 4 heteroatoms. The van der Waals surface area contributed by atoms with Crippen LogP contribution in [0.5, 0.6) is 0 Å². The van der Waals surface area contributed by atoms with Crippen molar-refractivity contribution in [3.05, 3.63) is 30.1 Å². The first-order valence-electron chi connectivity index (χ1n) is 7.64. The van der Waals surface area contributed by atoms with Crippen LogP contribution < -0.4 is 0 Å². The number of hydrogen-bond donors (Lipinski definition) is 0. The van der Waals surface area contributed by atoms with Gasteiger partial charge in [0.2, 0.25) is 0 Å². The van der Waals surface area contributed by atoms with Crippen LogP contribution in [0, 0.1) is 0 Å². The fraction of sp³-hybridized carbons (Fsp3) is 0.688. The third kappa shape index (κ3) is 3.19. The highest BCUT2D eigenvalue weighted by atomic mass is 16.5. The van der Waals surface area contributed by atoms with Crippen LogP contribution in [0.25, 0.3) is 0 Å². The van der Waals surface area contributed by atoms with E-state index in [-0.39, 0.29) is 0 Å². The zero-order valence-electron chi connectivity index (χ0n) is 12.2. The Hall–Kier alpha value is -0.970. The monoisotopic (exact) mass is 276 g/mol. The van der Waals surface area contributed by atoms with Gasteiger partial charge in [0, 0.05) is 38.6 Å². The fourth-order valence-electron chi connectivity index (χ4n) is 3.46. The molecule has 0 amide bonds. The molecular formula is C16H24N2O2. The zero-order chi connectivity index (χ0) is 13.8. The highest BCUT2D eigenvalue weighted by Crippen LogP contribution is 2.30.